The molecule has 1 saturated heterocycles. The first-order chi connectivity index (χ1) is 11.7. The van der Waals surface area contributed by atoms with E-state index in [1.165, 1.54) is 0 Å². The Morgan fingerprint density at radius 2 is 2.33 bits per heavy atom. The Hall–Kier alpha value is -2.34. The average molecular weight is 329 g/mol. The highest BCUT2D eigenvalue weighted by Crippen LogP contribution is 2.23. The van der Waals surface area contributed by atoms with Gasteiger partial charge in [0, 0.05) is 19.3 Å². The third-order valence-corrected chi connectivity index (χ3v) is 4.28. The van der Waals surface area contributed by atoms with E-state index in [-0.39, 0.29) is 12.0 Å². The first kappa shape index (κ1) is 16.5. The molecule has 3 rings (SSSR count). The van der Waals surface area contributed by atoms with Crippen LogP contribution in [0.5, 0.6) is 5.75 Å². The number of nitrogens with zero attached hydrogens (tertiary/aromatic N) is 3. The predicted molar refractivity (Wildman–Crippen MR) is 89.8 cm³/mol. The Morgan fingerprint density at radius 1 is 1.46 bits per heavy atom. The number of esters is 1. The van der Waals surface area contributed by atoms with Crippen molar-refractivity contribution < 1.29 is 14.6 Å². The molecule has 1 aliphatic rings. The highest BCUT2D eigenvalue weighted by atomic mass is 16.5. The molecule has 1 fully saturated rings. The van der Waals surface area contributed by atoms with Gasteiger partial charge >= 0.3 is 5.97 Å². The minimum atomic E-state index is -0.323. The summed E-state index contributed by atoms with van der Waals surface area (Å²) < 4.78 is 6.89. The van der Waals surface area contributed by atoms with Gasteiger partial charge in [-0.15, -0.1) is 0 Å². The third kappa shape index (κ3) is 3.94. The second-order valence-corrected chi connectivity index (χ2v) is 6.13. The van der Waals surface area contributed by atoms with E-state index in [4.69, 9.17) is 4.74 Å². The van der Waals surface area contributed by atoms with Crippen LogP contribution in [0.15, 0.2) is 36.7 Å². The van der Waals surface area contributed by atoms with Gasteiger partial charge in [-0.3, -0.25) is 9.58 Å². The van der Waals surface area contributed by atoms with E-state index >= 15 is 0 Å². The fourth-order valence-electron chi connectivity index (χ4n) is 3.16. The number of benzene rings is 1. The number of hydrogen-bond acceptors (Lipinski definition) is 5. The Labute approximate surface area is 141 Å². The second-order valence-electron chi connectivity index (χ2n) is 6.13. The fourth-order valence-corrected chi connectivity index (χ4v) is 3.16. The van der Waals surface area contributed by atoms with Crippen LogP contribution in [0.1, 0.15) is 41.7 Å². The topological polar surface area (TPSA) is 67.6 Å². The number of likely N-dealkylation sites (tertiary alicyclic amines) is 1. The molecule has 2 heterocycles. The lowest BCUT2D eigenvalue weighted by atomic mass is 10.0. The zero-order valence-corrected chi connectivity index (χ0v) is 13.9. The summed E-state index contributed by atoms with van der Waals surface area (Å²) in [5, 5.41) is 13.9. The molecule has 24 heavy (non-hydrogen) atoms. The van der Waals surface area contributed by atoms with Crippen LogP contribution < -0.4 is 0 Å². The monoisotopic (exact) mass is 329 g/mol. The van der Waals surface area contributed by atoms with Gasteiger partial charge in [-0.1, -0.05) is 12.1 Å². The summed E-state index contributed by atoms with van der Waals surface area (Å²) >= 11 is 0. The molecule has 1 N–H and O–H groups in total. The number of carbonyl (C=O) groups excluding carboxylic acids is 1. The summed E-state index contributed by atoms with van der Waals surface area (Å²) in [6, 6.07) is 7.63. The molecule has 0 radical (unpaired) electrons. The maximum absolute atomic E-state index is 11.8. The molecule has 6 heteroatoms. The van der Waals surface area contributed by atoms with E-state index in [0.29, 0.717) is 17.9 Å². The lowest BCUT2D eigenvalue weighted by Gasteiger charge is -2.32. The standard InChI is InChI=1S/C18H23N3O3/c1-2-24-18(23)15-10-19-21(12-15)16-6-4-8-20(13-16)11-14-5-3-7-17(22)9-14/h3,5,7,9-10,12,16,22H,2,4,6,8,11,13H2,1H3/t16-/m0/s1. The predicted octanol–water partition coefficient (Wildman–Crippen LogP) is 2.60. The molecular weight excluding hydrogens is 306 g/mol. The summed E-state index contributed by atoms with van der Waals surface area (Å²) in [7, 11) is 0. The molecule has 0 saturated carbocycles. The average Bonchev–Trinajstić information content (AvgIpc) is 3.05. The van der Waals surface area contributed by atoms with Gasteiger partial charge in [-0.05, 0) is 44.0 Å². The third-order valence-electron chi connectivity index (χ3n) is 4.28. The Bertz CT molecular complexity index is 698. The summed E-state index contributed by atoms with van der Waals surface area (Å²) in [4.78, 5) is 14.1. The largest absolute Gasteiger partial charge is 0.508 e. The highest BCUT2D eigenvalue weighted by Gasteiger charge is 2.23. The first-order valence-electron chi connectivity index (χ1n) is 8.37. The van der Waals surface area contributed by atoms with Gasteiger partial charge < -0.3 is 9.84 Å². The van der Waals surface area contributed by atoms with Gasteiger partial charge in [0.1, 0.15) is 5.75 Å². The number of piperidine rings is 1. The van der Waals surface area contributed by atoms with Crippen LogP contribution in [0.25, 0.3) is 0 Å². The van der Waals surface area contributed by atoms with E-state index in [2.05, 4.69) is 10.00 Å². The zero-order valence-electron chi connectivity index (χ0n) is 13.9. The summed E-state index contributed by atoms with van der Waals surface area (Å²) in [6.45, 7) is 4.86. The van der Waals surface area contributed by atoms with Crippen LogP contribution in [0.3, 0.4) is 0 Å². The van der Waals surface area contributed by atoms with Crippen molar-refractivity contribution in [3.05, 3.63) is 47.8 Å². The van der Waals surface area contributed by atoms with E-state index in [0.717, 1.165) is 38.0 Å². The van der Waals surface area contributed by atoms with Crippen molar-refractivity contribution in [3.8, 4) is 5.75 Å². The summed E-state index contributed by atoms with van der Waals surface area (Å²) in [6.07, 6.45) is 5.48. The molecule has 0 spiro atoms. The molecule has 6 nitrogen and oxygen atoms in total. The zero-order chi connectivity index (χ0) is 16.9. The lowest BCUT2D eigenvalue weighted by molar-refractivity contribution is 0.0526. The van der Waals surface area contributed by atoms with Crippen LogP contribution in [-0.2, 0) is 11.3 Å². The van der Waals surface area contributed by atoms with Crippen molar-refractivity contribution in [3.63, 3.8) is 0 Å². The lowest BCUT2D eigenvalue weighted by Crippen LogP contribution is -2.36. The first-order valence-corrected chi connectivity index (χ1v) is 8.37. The smallest absolute Gasteiger partial charge is 0.341 e. The number of carbonyl (C=O) groups is 1. The highest BCUT2D eigenvalue weighted by molar-refractivity contribution is 5.88. The van der Waals surface area contributed by atoms with Gasteiger partial charge in [0.15, 0.2) is 0 Å². The molecule has 0 bridgehead atoms. The summed E-state index contributed by atoms with van der Waals surface area (Å²) in [5.74, 6) is -0.0246. The van der Waals surface area contributed by atoms with Gasteiger partial charge in [0.05, 0.1) is 24.4 Å². The SMILES string of the molecule is CCOC(=O)c1cnn([C@H]2CCCN(Cc3cccc(O)c3)C2)c1. The Morgan fingerprint density at radius 3 is 3.12 bits per heavy atom. The minimum Gasteiger partial charge on any atom is -0.508 e. The maximum Gasteiger partial charge on any atom is 0.341 e. The fraction of sp³-hybridized carbons (Fsp3) is 0.444. The number of ether oxygens (including phenoxy) is 1. The van der Waals surface area contributed by atoms with Gasteiger partial charge in [-0.25, -0.2) is 4.79 Å². The number of hydrogen-bond donors (Lipinski definition) is 1. The molecule has 0 amide bonds. The molecule has 1 aromatic carbocycles. The quantitative estimate of drug-likeness (QED) is 0.854. The van der Waals surface area contributed by atoms with Crippen LogP contribution in [0.2, 0.25) is 0 Å². The number of rotatable bonds is 5. The van der Waals surface area contributed by atoms with Gasteiger partial charge in [-0.2, -0.15) is 5.10 Å². The van der Waals surface area contributed by atoms with E-state index in [9.17, 15) is 9.90 Å². The van der Waals surface area contributed by atoms with Crippen molar-refractivity contribution >= 4 is 5.97 Å². The van der Waals surface area contributed by atoms with Crippen molar-refractivity contribution in [2.75, 3.05) is 19.7 Å². The van der Waals surface area contributed by atoms with Crippen molar-refractivity contribution in [2.45, 2.75) is 32.4 Å². The van der Waals surface area contributed by atoms with Crippen LogP contribution in [0, 0.1) is 0 Å². The van der Waals surface area contributed by atoms with Crippen LogP contribution >= 0.6 is 0 Å². The molecular formula is C18H23N3O3. The van der Waals surface area contributed by atoms with Gasteiger partial charge in [0.2, 0.25) is 0 Å². The molecule has 128 valence electrons. The number of aromatic nitrogens is 2. The van der Waals surface area contributed by atoms with Crippen molar-refractivity contribution in [1.82, 2.24) is 14.7 Å². The molecule has 0 aliphatic carbocycles. The summed E-state index contributed by atoms with van der Waals surface area (Å²) in [5.41, 5.74) is 1.60. The number of phenols is 1. The second kappa shape index (κ2) is 7.49. The maximum atomic E-state index is 11.8. The van der Waals surface area contributed by atoms with Gasteiger partial charge in [0.25, 0.3) is 0 Å². The molecule has 1 atom stereocenters. The number of phenolic OH excluding ortho intramolecular Hbond substituents is 1. The minimum absolute atomic E-state index is 0.249. The molecule has 2 aromatic rings. The Balaban J connectivity index is 1.64. The van der Waals surface area contributed by atoms with E-state index in [1.807, 2.05) is 16.8 Å². The Kier molecular flexibility index (Phi) is 5.15. The molecule has 1 aliphatic heterocycles. The van der Waals surface area contributed by atoms with E-state index < -0.39 is 0 Å². The van der Waals surface area contributed by atoms with Crippen molar-refractivity contribution in [2.24, 2.45) is 0 Å². The van der Waals surface area contributed by atoms with E-state index in [1.54, 1.807) is 31.5 Å². The van der Waals surface area contributed by atoms with Crippen molar-refractivity contribution in [1.29, 1.82) is 0 Å². The van der Waals surface area contributed by atoms with Crippen LogP contribution in [-0.4, -0.2) is 45.5 Å². The van der Waals surface area contributed by atoms with Crippen LogP contribution in [0.4, 0.5) is 0 Å². The number of aromatic hydroxyl groups is 1. The normalized spacial score (nSPS) is 18.5. The molecule has 1 aromatic heterocycles. The molecule has 0 unspecified atom stereocenters.